The lowest BCUT2D eigenvalue weighted by Crippen LogP contribution is -2.10. The van der Waals surface area contributed by atoms with Crippen LogP contribution in [-0.2, 0) is 0 Å². The Bertz CT molecular complexity index is 3270. The highest BCUT2D eigenvalue weighted by Gasteiger charge is 2.18. The molecule has 0 radical (unpaired) electrons. The van der Waals surface area contributed by atoms with E-state index in [1.54, 1.807) is 0 Å². The zero-order valence-corrected chi connectivity index (χ0v) is 33.0. The third-order valence-electron chi connectivity index (χ3n) is 11.8. The van der Waals surface area contributed by atoms with E-state index < -0.39 is 0 Å². The summed E-state index contributed by atoms with van der Waals surface area (Å²) < 4.78 is 2.39. The van der Waals surface area contributed by atoms with Gasteiger partial charge in [0.25, 0.3) is 0 Å². The molecule has 2 heteroatoms. The highest BCUT2D eigenvalue weighted by Crippen LogP contribution is 2.42. The van der Waals surface area contributed by atoms with Gasteiger partial charge in [0, 0.05) is 33.5 Å². The predicted molar refractivity (Wildman–Crippen MR) is 255 cm³/mol. The number of fused-ring (bicyclic) bond motifs is 4. The van der Waals surface area contributed by atoms with Gasteiger partial charge < -0.3 is 9.47 Å². The lowest BCUT2D eigenvalue weighted by molar-refractivity contribution is 1.18. The Kier molecular flexibility index (Phi) is 8.87. The van der Waals surface area contributed by atoms with Crippen LogP contribution >= 0.6 is 0 Å². The smallest absolute Gasteiger partial charge is 0.0547 e. The Morgan fingerprint density at radius 3 is 1.48 bits per heavy atom. The summed E-state index contributed by atoms with van der Waals surface area (Å²) in [5.41, 5.74) is 16.4. The molecule has 11 aromatic rings. The van der Waals surface area contributed by atoms with Crippen molar-refractivity contribution >= 4 is 49.6 Å². The molecule has 0 fully saturated rings. The molecule has 11 rings (SSSR count). The second kappa shape index (κ2) is 15.1. The molecule has 0 aliphatic rings. The van der Waals surface area contributed by atoms with Gasteiger partial charge in [-0.25, -0.2) is 0 Å². The van der Waals surface area contributed by atoms with E-state index in [2.05, 4.69) is 252 Å². The maximum atomic E-state index is 2.39. The molecule has 0 atom stereocenters. The Morgan fingerprint density at radius 1 is 0.283 bits per heavy atom. The third kappa shape index (κ3) is 6.32. The first-order chi connectivity index (χ1) is 29.8. The van der Waals surface area contributed by atoms with Crippen molar-refractivity contribution in [3.63, 3.8) is 0 Å². The average Bonchev–Trinajstić information content (AvgIpc) is 3.67. The molecule has 0 aliphatic carbocycles. The van der Waals surface area contributed by atoms with E-state index in [-0.39, 0.29) is 0 Å². The zero-order valence-electron chi connectivity index (χ0n) is 33.0. The fraction of sp³-hybridized carbons (Fsp3) is 0. The standard InChI is InChI=1S/C58H40N2/c1-3-14-41(15-4-1)43-32-36-49(37-33-43)59(50-38-34-44(35-39-50)42-28-30-46(31-29-42)53-24-12-17-45-16-7-8-22-52(45)53)51-21-11-18-47(40-51)54-25-13-27-57-58(54)55-23-9-10-26-56(55)60(57)48-19-5-2-6-20-48/h1-40H. The molecule has 1 heterocycles. The van der Waals surface area contributed by atoms with E-state index in [0.29, 0.717) is 0 Å². The van der Waals surface area contributed by atoms with Crippen LogP contribution in [0.1, 0.15) is 0 Å². The second-order valence-corrected chi connectivity index (χ2v) is 15.3. The second-order valence-electron chi connectivity index (χ2n) is 15.3. The number of aromatic nitrogens is 1. The number of benzene rings is 10. The van der Waals surface area contributed by atoms with Gasteiger partial charge in [-0.2, -0.15) is 0 Å². The minimum atomic E-state index is 1.09. The van der Waals surface area contributed by atoms with Crippen molar-refractivity contribution in [2.45, 2.75) is 0 Å². The highest BCUT2D eigenvalue weighted by atomic mass is 15.1. The van der Waals surface area contributed by atoms with E-state index in [4.69, 9.17) is 0 Å². The lowest BCUT2D eigenvalue weighted by atomic mass is 9.96. The summed E-state index contributed by atoms with van der Waals surface area (Å²) in [6.45, 7) is 0. The van der Waals surface area contributed by atoms with Crippen molar-refractivity contribution in [1.82, 2.24) is 4.57 Å². The van der Waals surface area contributed by atoms with Crippen LogP contribution in [0.2, 0.25) is 0 Å². The summed E-state index contributed by atoms with van der Waals surface area (Å²) in [7, 11) is 0. The van der Waals surface area contributed by atoms with Gasteiger partial charge in [-0.15, -0.1) is 0 Å². The molecule has 282 valence electrons. The minimum absolute atomic E-state index is 1.09. The monoisotopic (exact) mass is 764 g/mol. The zero-order chi connectivity index (χ0) is 39.8. The highest BCUT2D eigenvalue weighted by molar-refractivity contribution is 6.16. The quantitative estimate of drug-likeness (QED) is 0.150. The number of rotatable bonds is 8. The van der Waals surface area contributed by atoms with Gasteiger partial charge in [0.15, 0.2) is 0 Å². The van der Waals surface area contributed by atoms with Crippen LogP contribution in [0, 0.1) is 0 Å². The first kappa shape index (κ1) is 35.2. The molecule has 0 N–H and O–H groups in total. The van der Waals surface area contributed by atoms with E-state index in [1.807, 2.05) is 0 Å². The molecule has 0 saturated heterocycles. The number of anilines is 3. The SMILES string of the molecule is c1ccc(-c2ccc(N(c3ccc(-c4ccc(-c5cccc6ccccc56)cc4)cc3)c3cccc(-c4cccc5c4c4ccccc4n5-c4ccccc4)c3)cc2)cc1. The van der Waals surface area contributed by atoms with E-state index >= 15 is 0 Å². The van der Waals surface area contributed by atoms with E-state index in [9.17, 15) is 0 Å². The maximum Gasteiger partial charge on any atom is 0.0547 e. The molecule has 0 saturated carbocycles. The Hall–Kier alpha value is -7.94. The third-order valence-corrected chi connectivity index (χ3v) is 11.8. The summed E-state index contributed by atoms with van der Waals surface area (Å²) in [5, 5.41) is 5.02. The molecule has 0 amide bonds. The fourth-order valence-electron chi connectivity index (χ4n) is 8.93. The van der Waals surface area contributed by atoms with E-state index in [1.165, 1.54) is 77.1 Å². The van der Waals surface area contributed by atoms with Crippen molar-refractivity contribution in [2.24, 2.45) is 0 Å². The van der Waals surface area contributed by atoms with Crippen molar-refractivity contribution in [3.8, 4) is 50.2 Å². The summed E-state index contributed by atoms with van der Waals surface area (Å²) >= 11 is 0. The van der Waals surface area contributed by atoms with Gasteiger partial charge in [-0.3, -0.25) is 0 Å². The lowest BCUT2D eigenvalue weighted by Gasteiger charge is -2.26. The number of hydrogen-bond acceptors (Lipinski definition) is 1. The van der Waals surface area contributed by atoms with Crippen LogP contribution in [0.25, 0.3) is 82.8 Å². The molecule has 2 nitrogen and oxygen atoms in total. The van der Waals surface area contributed by atoms with E-state index in [0.717, 1.165) is 22.7 Å². The van der Waals surface area contributed by atoms with Crippen LogP contribution in [0.3, 0.4) is 0 Å². The number of nitrogens with zero attached hydrogens (tertiary/aromatic N) is 2. The molecule has 0 spiro atoms. The predicted octanol–water partition coefficient (Wildman–Crippen LogP) is 16.1. The largest absolute Gasteiger partial charge is 0.310 e. The molecule has 10 aromatic carbocycles. The first-order valence-electron chi connectivity index (χ1n) is 20.6. The summed E-state index contributed by atoms with van der Waals surface area (Å²) in [5.74, 6) is 0. The molecular formula is C58H40N2. The van der Waals surface area contributed by atoms with Gasteiger partial charge >= 0.3 is 0 Å². The van der Waals surface area contributed by atoms with Gasteiger partial charge in [-0.1, -0.05) is 182 Å². The minimum Gasteiger partial charge on any atom is -0.310 e. The molecule has 1 aromatic heterocycles. The van der Waals surface area contributed by atoms with Crippen LogP contribution < -0.4 is 4.90 Å². The average molecular weight is 765 g/mol. The fourth-order valence-corrected chi connectivity index (χ4v) is 8.93. The molecule has 0 bridgehead atoms. The van der Waals surface area contributed by atoms with Crippen LogP contribution in [0.5, 0.6) is 0 Å². The molecule has 60 heavy (non-hydrogen) atoms. The van der Waals surface area contributed by atoms with Gasteiger partial charge in [0.05, 0.1) is 11.0 Å². The Morgan fingerprint density at radius 2 is 0.767 bits per heavy atom. The van der Waals surface area contributed by atoms with Crippen molar-refractivity contribution in [3.05, 3.63) is 243 Å². The number of para-hydroxylation sites is 2. The number of hydrogen-bond donors (Lipinski definition) is 0. The summed E-state index contributed by atoms with van der Waals surface area (Å²) in [6, 6.07) is 87.8. The molecular weight excluding hydrogens is 725 g/mol. The topological polar surface area (TPSA) is 8.17 Å². The van der Waals surface area contributed by atoms with Crippen LogP contribution in [0.4, 0.5) is 17.1 Å². The van der Waals surface area contributed by atoms with Crippen molar-refractivity contribution < 1.29 is 0 Å². The Labute approximate surface area is 350 Å². The van der Waals surface area contributed by atoms with Crippen LogP contribution in [-0.4, -0.2) is 4.57 Å². The first-order valence-corrected chi connectivity index (χ1v) is 20.6. The molecule has 0 unspecified atom stereocenters. The van der Waals surface area contributed by atoms with Crippen molar-refractivity contribution in [1.29, 1.82) is 0 Å². The van der Waals surface area contributed by atoms with Crippen LogP contribution in [0.15, 0.2) is 243 Å². The maximum absolute atomic E-state index is 2.39. The van der Waals surface area contributed by atoms with Gasteiger partial charge in [0.2, 0.25) is 0 Å². The normalized spacial score (nSPS) is 11.3. The van der Waals surface area contributed by atoms with Gasteiger partial charge in [-0.05, 0) is 116 Å². The van der Waals surface area contributed by atoms with Crippen molar-refractivity contribution in [2.75, 3.05) is 4.90 Å². The summed E-state index contributed by atoms with van der Waals surface area (Å²) in [4.78, 5) is 2.37. The van der Waals surface area contributed by atoms with Gasteiger partial charge in [0.1, 0.15) is 0 Å². The Balaban J connectivity index is 0.997. The summed E-state index contributed by atoms with van der Waals surface area (Å²) in [6.07, 6.45) is 0. The molecule has 0 aliphatic heterocycles.